The Bertz CT molecular complexity index is 1070. The number of benzene rings is 3. The van der Waals surface area contributed by atoms with E-state index in [2.05, 4.69) is 10.6 Å². The van der Waals surface area contributed by atoms with Crippen molar-refractivity contribution in [3.63, 3.8) is 0 Å². The molecule has 1 aliphatic rings. The largest absolute Gasteiger partial charge is 0.497 e. The maximum Gasteiger partial charge on any atom is 0.318 e. The van der Waals surface area contributed by atoms with Gasteiger partial charge in [-0.1, -0.05) is 66.7 Å². The molecule has 3 aromatic rings. The molecule has 1 aliphatic heterocycles. The average Bonchev–Trinajstić information content (AvgIpc) is 2.88. The lowest BCUT2D eigenvalue weighted by atomic mass is 9.88. The van der Waals surface area contributed by atoms with Gasteiger partial charge in [0.25, 0.3) is 0 Å². The third-order valence-corrected chi connectivity index (χ3v) is 6.02. The highest BCUT2D eigenvalue weighted by Gasteiger charge is 2.35. The topological polar surface area (TPSA) is 70.7 Å². The maximum absolute atomic E-state index is 13.2. The molecule has 0 saturated carbocycles. The van der Waals surface area contributed by atoms with Crippen molar-refractivity contribution >= 4 is 17.6 Å². The second kappa shape index (κ2) is 10.7. The molecule has 0 aliphatic carbocycles. The van der Waals surface area contributed by atoms with Crippen LogP contribution >= 0.6 is 0 Å². The summed E-state index contributed by atoms with van der Waals surface area (Å²) in [6, 6.07) is 26.9. The zero-order valence-corrected chi connectivity index (χ0v) is 18.7. The fourth-order valence-corrected chi connectivity index (χ4v) is 4.25. The van der Waals surface area contributed by atoms with Crippen LogP contribution in [0, 0.1) is 5.92 Å². The van der Waals surface area contributed by atoms with E-state index < -0.39 is 0 Å². The van der Waals surface area contributed by atoms with E-state index in [-0.39, 0.29) is 23.9 Å². The summed E-state index contributed by atoms with van der Waals surface area (Å²) in [6.07, 6.45) is 1.43. The Morgan fingerprint density at radius 1 is 0.939 bits per heavy atom. The number of anilines is 1. The van der Waals surface area contributed by atoms with Gasteiger partial charge < -0.3 is 20.3 Å². The van der Waals surface area contributed by atoms with Crippen LogP contribution in [-0.2, 0) is 11.3 Å². The van der Waals surface area contributed by atoms with Crippen LogP contribution < -0.4 is 15.4 Å². The number of carbonyl (C=O) groups excluding carboxylic acids is 2. The lowest BCUT2D eigenvalue weighted by Gasteiger charge is -2.39. The molecule has 0 spiro atoms. The Morgan fingerprint density at radius 2 is 1.67 bits per heavy atom. The van der Waals surface area contributed by atoms with Gasteiger partial charge in [0, 0.05) is 24.8 Å². The summed E-state index contributed by atoms with van der Waals surface area (Å²) >= 11 is 0. The van der Waals surface area contributed by atoms with E-state index in [9.17, 15) is 9.59 Å². The van der Waals surface area contributed by atoms with Crippen LogP contribution in [0.3, 0.4) is 0 Å². The van der Waals surface area contributed by atoms with Gasteiger partial charge in [-0.05, 0) is 36.1 Å². The molecule has 0 aromatic heterocycles. The first-order valence-electron chi connectivity index (χ1n) is 11.2. The summed E-state index contributed by atoms with van der Waals surface area (Å²) in [5, 5.41) is 6.01. The fraction of sp³-hybridized carbons (Fsp3) is 0.259. The van der Waals surface area contributed by atoms with Crippen LogP contribution in [0.1, 0.15) is 30.0 Å². The van der Waals surface area contributed by atoms with Crippen LogP contribution in [0.4, 0.5) is 10.5 Å². The number of ether oxygens (including phenoxy) is 1. The molecule has 0 bridgehead atoms. The Kier molecular flexibility index (Phi) is 7.25. The van der Waals surface area contributed by atoms with Gasteiger partial charge >= 0.3 is 6.03 Å². The van der Waals surface area contributed by atoms with Gasteiger partial charge in [-0.15, -0.1) is 0 Å². The number of amides is 3. The summed E-state index contributed by atoms with van der Waals surface area (Å²) < 4.78 is 5.24. The standard InChI is InChI=1S/C27H29N3O3/c1-33-24-14-8-13-23(17-24)29-26(31)22-15-16-25(21-11-6-3-7-12-21)30(19-22)27(32)28-18-20-9-4-2-5-10-20/h2-14,17,22,25H,15-16,18-19H2,1H3,(H,28,32)(H,29,31). The van der Waals surface area contributed by atoms with Gasteiger partial charge in [-0.2, -0.15) is 0 Å². The molecule has 6 nitrogen and oxygen atoms in total. The second-order valence-electron chi connectivity index (χ2n) is 8.22. The third kappa shape index (κ3) is 5.71. The molecule has 1 fully saturated rings. The number of hydrogen-bond donors (Lipinski definition) is 2. The Hall–Kier alpha value is -3.80. The van der Waals surface area contributed by atoms with Gasteiger partial charge in [0.2, 0.25) is 5.91 Å². The molecule has 1 saturated heterocycles. The number of carbonyl (C=O) groups is 2. The predicted molar refractivity (Wildman–Crippen MR) is 129 cm³/mol. The van der Waals surface area contributed by atoms with Crippen molar-refractivity contribution in [2.45, 2.75) is 25.4 Å². The van der Waals surface area contributed by atoms with Crippen LogP contribution in [-0.4, -0.2) is 30.5 Å². The highest BCUT2D eigenvalue weighted by atomic mass is 16.5. The van der Waals surface area contributed by atoms with E-state index in [0.717, 1.165) is 17.5 Å². The van der Waals surface area contributed by atoms with E-state index in [0.29, 0.717) is 30.9 Å². The quantitative estimate of drug-likeness (QED) is 0.563. The fourth-order valence-electron chi connectivity index (χ4n) is 4.25. The van der Waals surface area contributed by atoms with Crippen molar-refractivity contribution in [2.75, 3.05) is 19.0 Å². The summed E-state index contributed by atoms with van der Waals surface area (Å²) in [4.78, 5) is 28.1. The molecule has 0 radical (unpaired) electrons. The SMILES string of the molecule is COc1cccc(NC(=O)C2CCC(c3ccccc3)N(C(=O)NCc3ccccc3)C2)c1. The minimum atomic E-state index is -0.293. The maximum atomic E-state index is 13.2. The van der Waals surface area contributed by atoms with E-state index in [4.69, 9.17) is 4.74 Å². The van der Waals surface area contributed by atoms with Crippen molar-refractivity contribution in [1.82, 2.24) is 10.2 Å². The smallest absolute Gasteiger partial charge is 0.318 e. The van der Waals surface area contributed by atoms with E-state index in [1.165, 1.54) is 0 Å². The molecule has 2 N–H and O–H groups in total. The first kappa shape index (κ1) is 22.4. The van der Waals surface area contributed by atoms with Crippen LogP contribution in [0.25, 0.3) is 0 Å². The van der Waals surface area contributed by atoms with Crippen LogP contribution in [0.5, 0.6) is 5.75 Å². The number of urea groups is 1. The molecule has 33 heavy (non-hydrogen) atoms. The number of nitrogens with one attached hydrogen (secondary N) is 2. The van der Waals surface area contributed by atoms with Crippen molar-refractivity contribution in [2.24, 2.45) is 5.92 Å². The molecule has 3 aromatic carbocycles. The summed E-state index contributed by atoms with van der Waals surface area (Å²) in [7, 11) is 1.59. The number of hydrogen-bond acceptors (Lipinski definition) is 3. The number of piperidine rings is 1. The average molecular weight is 444 g/mol. The van der Waals surface area contributed by atoms with Gasteiger partial charge in [-0.25, -0.2) is 4.79 Å². The van der Waals surface area contributed by atoms with Gasteiger partial charge in [0.15, 0.2) is 0 Å². The van der Waals surface area contributed by atoms with Crippen molar-refractivity contribution in [1.29, 1.82) is 0 Å². The summed E-state index contributed by atoms with van der Waals surface area (Å²) in [6.45, 7) is 0.800. The van der Waals surface area contributed by atoms with E-state index in [1.807, 2.05) is 78.9 Å². The second-order valence-corrected chi connectivity index (χ2v) is 8.22. The highest BCUT2D eigenvalue weighted by molar-refractivity contribution is 5.93. The molecular formula is C27H29N3O3. The molecule has 170 valence electrons. The molecule has 2 atom stereocenters. The van der Waals surface area contributed by atoms with Gasteiger partial charge in [0.1, 0.15) is 5.75 Å². The number of methoxy groups -OCH3 is 1. The highest BCUT2D eigenvalue weighted by Crippen LogP contribution is 2.34. The zero-order chi connectivity index (χ0) is 23.0. The lowest BCUT2D eigenvalue weighted by Crippen LogP contribution is -2.49. The first-order valence-corrected chi connectivity index (χ1v) is 11.2. The Morgan fingerprint density at radius 3 is 2.39 bits per heavy atom. The van der Waals surface area contributed by atoms with Crippen molar-refractivity contribution in [3.05, 3.63) is 96.1 Å². The van der Waals surface area contributed by atoms with Gasteiger partial charge in [0.05, 0.1) is 19.1 Å². The normalized spacial score (nSPS) is 17.8. The molecule has 1 heterocycles. The Labute approximate surface area is 194 Å². The Balaban J connectivity index is 1.48. The predicted octanol–water partition coefficient (Wildman–Crippen LogP) is 5.00. The molecule has 4 rings (SSSR count). The minimum Gasteiger partial charge on any atom is -0.497 e. The third-order valence-electron chi connectivity index (χ3n) is 6.02. The first-order chi connectivity index (χ1) is 16.1. The summed E-state index contributed by atoms with van der Waals surface area (Å²) in [5.41, 5.74) is 2.80. The lowest BCUT2D eigenvalue weighted by molar-refractivity contribution is -0.121. The van der Waals surface area contributed by atoms with Crippen LogP contribution in [0.2, 0.25) is 0 Å². The van der Waals surface area contributed by atoms with Crippen molar-refractivity contribution < 1.29 is 14.3 Å². The van der Waals surface area contributed by atoms with E-state index in [1.54, 1.807) is 18.1 Å². The molecule has 3 amide bonds. The number of nitrogens with zero attached hydrogens (tertiary/aromatic N) is 1. The number of rotatable bonds is 6. The van der Waals surface area contributed by atoms with Crippen molar-refractivity contribution in [3.8, 4) is 5.75 Å². The molecular weight excluding hydrogens is 414 g/mol. The zero-order valence-electron chi connectivity index (χ0n) is 18.7. The number of likely N-dealkylation sites (tertiary alicyclic amines) is 1. The van der Waals surface area contributed by atoms with Gasteiger partial charge in [-0.3, -0.25) is 4.79 Å². The monoisotopic (exact) mass is 443 g/mol. The summed E-state index contributed by atoms with van der Waals surface area (Å²) in [5.74, 6) is 0.303. The van der Waals surface area contributed by atoms with E-state index >= 15 is 0 Å². The molecule has 6 heteroatoms. The molecule has 2 unspecified atom stereocenters. The van der Waals surface area contributed by atoms with Crippen LogP contribution in [0.15, 0.2) is 84.9 Å². The minimum absolute atomic E-state index is 0.0668.